The Balaban J connectivity index is 1.84. The lowest BCUT2D eigenvalue weighted by atomic mass is 9.81. The third-order valence-corrected chi connectivity index (χ3v) is 5.74. The van der Waals surface area contributed by atoms with Gasteiger partial charge < -0.3 is 4.98 Å². The zero-order chi connectivity index (χ0) is 14.1. The number of H-pyrrole nitrogens is 1. The first-order chi connectivity index (χ1) is 9.69. The third-order valence-electron chi connectivity index (χ3n) is 4.59. The second-order valence-electron chi connectivity index (χ2n) is 5.80. The number of nitrogens with one attached hydrogen (secondary N) is 1. The number of hydrogen-bond acceptors (Lipinski definition) is 3. The van der Waals surface area contributed by atoms with Crippen molar-refractivity contribution in [2.24, 2.45) is 11.8 Å². The summed E-state index contributed by atoms with van der Waals surface area (Å²) in [5.74, 6) is 1.48. The highest BCUT2D eigenvalue weighted by Crippen LogP contribution is 2.31. The van der Waals surface area contributed by atoms with E-state index in [1.54, 1.807) is 4.57 Å². The summed E-state index contributed by atoms with van der Waals surface area (Å²) >= 11 is 6.90. The molecule has 1 aliphatic rings. The quantitative estimate of drug-likeness (QED) is 0.857. The van der Waals surface area contributed by atoms with Crippen LogP contribution in [0.5, 0.6) is 0 Å². The van der Waals surface area contributed by atoms with Gasteiger partial charge in [0.05, 0.1) is 5.39 Å². The van der Waals surface area contributed by atoms with Crippen LogP contribution in [0.25, 0.3) is 10.2 Å². The summed E-state index contributed by atoms with van der Waals surface area (Å²) < 4.78 is 2.34. The highest BCUT2D eigenvalue weighted by molar-refractivity contribution is 7.71. The fourth-order valence-electron chi connectivity index (χ4n) is 3.22. The summed E-state index contributed by atoms with van der Waals surface area (Å²) in [4.78, 5) is 16.6. The van der Waals surface area contributed by atoms with Crippen LogP contribution in [0.3, 0.4) is 0 Å². The predicted octanol–water partition coefficient (Wildman–Crippen LogP) is 4.34. The Hall–Kier alpha value is -0.940. The Morgan fingerprint density at radius 2 is 2.05 bits per heavy atom. The summed E-state index contributed by atoms with van der Waals surface area (Å²) in [7, 11) is 0. The van der Waals surface area contributed by atoms with Crippen molar-refractivity contribution in [2.45, 2.75) is 45.6 Å². The monoisotopic (exact) mass is 308 g/mol. The van der Waals surface area contributed by atoms with E-state index in [0.717, 1.165) is 22.7 Å². The van der Waals surface area contributed by atoms with Crippen LogP contribution >= 0.6 is 23.6 Å². The molecule has 108 valence electrons. The van der Waals surface area contributed by atoms with Crippen LogP contribution in [0.2, 0.25) is 0 Å². The molecule has 3 nitrogen and oxygen atoms in total. The van der Waals surface area contributed by atoms with Crippen LogP contribution < -0.4 is 5.56 Å². The first kappa shape index (κ1) is 14.0. The van der Waals surface area contributed by atoms with Gasteiger partial charge in [0.2, 0.25) is 0 Å². The maximum atomic E-state index is 12.5. The minimum Gasteiger partial charge on any atom is -0.323 e. The summed E-state index contributed by atoms with van der Waals surface area (Å²) in [5, 5.41) is 2.71. The Labute approximate surface area is 127 Å². The van der Waals surface area contributed by atoms with Crippen LogP contribution in [0.1, 0.15) is 39.0 Å². The van der Waals surface area contributed by atoms with E-state index in [1.165, 1.54) is 43.4 Å². The minimum absolute atomic E-state index is 0.0719. The van der Waals surface area contributed by atoms with E-state index in [0.29, 0.717) is 10.7 Å². The van der Waals surface area contributed by atoms with Crippen molar-refractivity contribution < 1.29 is 0 Å². The minimum atomic E-state index is 0.0719. The maximum absolute atomic E-state index is 12.5. The number of rotatable bonds is 3. The van der Waals surface area contributed by atoms with E-state index in [4.69, 9.17) is 12.2 Å². The van der Waals surface area contributed by atoms with Crippen molar-refractivity contribution in [2.75, 3.05) is 0 Å². The largest absolute Gasteiger partial charge is 0.323 e. The molecule has 2 heterocycles. The molecule has 5 heteroatoms. The van der Waals surface area contributed by atoms with E-state index in [2.05, 4.69) is 11.9 Å². The fraction of sp³-hybridized carbons (Fsp3) is 0.600. The molecular weight excluding hydrogens is 288 g/mol. The number of aromatic nitrogens is 2. The molecule has 1 saturated carbocycles. The van der Waals surface area contributed by atoms with Crippen molar-refractivity contribution in [1.82, 2.24) is 9.55 Å². The van der Waals surface area contributed by atoms with E-state index < -0.39 is 0 Å². The van der Waals surface area contributed by atoms with Gasteiger partial charge in [-0.25, -0.2) is 0 Å². The van der Waals surface area contributed by atoms with E-state index in [1.807, 2.05) is 11.4 Å². The molecule has 2 aromatic rings. The lowest BCUT2D eigenvalue weighted by Gasteiger charge is -2.28. The normalized spacial score (nSPS) is 23.2. The second kappa shape index (κ2) is 5.82. The summed E-state index contributed by atoms with van der Waals surface area (Å²) in [6, 6.07) is 1.89. The fourth-order valence-corrected chi connectivity index (χ4v) is 4.33. The van der Waals surface area contributed by atoms with Crippen LogP contribution in [0, 0.1) is 16.6 Å². The van der Waals surface area contributed by atoms with Crippen molar-refractivity contribution in [3.05, 3.63) is 26.6 Å². The Bertz CT molecular complexity index is 704. The Kier molecular flexibility index (Phi) is 4.08. The molecule has 0 amide bonds. The molecule has 1 aliphatic carbocycles. The van der Waals surface area contributed by atoms with Crippen molar-refractivity contribution in [3.8, 4) is 0 Å². The average Bonchev–Trinajstić information content (AvgIpc) is 2.92. The zero-order valence-corrected chi connectivity index (χ0v) is 13.4. The number of hydrogen-bond donors (Lipinski definition) is 1. The highest BCUT2D eigenvalue weighted by Gasteiger charge is 2.21. The van der Waals surface area contributed by atoms with Crippen molar-refractivity contribution in [3.63, 3.8) is 0 Å². The summed E-state index contributed by atoms with van der Waals surface area (Å²) in [6.07, 6.45) is 6.33. The molecule has 0 spiro atoms. The molecule has 0 radical (unpaired) electrons. The molecule has 0 aliphatic heterocycles. The first-order valence-electron chi connectivity index (χ1n) is 7.39. The van der Waals surface area contributed by atoms with Gasteiger partial charge in [-0.2, -0.15) is 0 Å². The topological polar surface area (TPSA) is 37.8 Å². The Morgan fingerprint density at radius 3 is 2.75 bits per heavy atom. The van der Waals surface area contributed by atoms with Gasteiger partial charge in [-0.05, 0) is 48.3 Å². The average molecular weight is 308 g/mol. The molecule has 20 heavy (non-hydrogen) atoms. The van der Waals surface area contributed by atoms with Crippen molar-refractivity contribution in [1.29, 1.82) is 0 Å². The molecular formula is C15H20N2OS2. The molecule has 0 atom stereocenters. The highest BCUT2D eigenvalue weighted by atomic mass is 32.1. The van der Waals surface area contributed by atoms with E-state index in [9.17, 15) is 4.79 Å². The SMILES string of the molecule is CCC1CCC(Cn2c(=S)[nH]c3sccc3c2=O)CC1. The molecule has 2 aromatic heterocycles. The molecule has 0 unspecified atom stereocenters. The predicted molar refractivity (Wildman–Crippen MR) is 87.0 cm³/mol. The van der Waals surface area contributed by atoms with E-state index in [-0.39, 0.29) is 5.56 Å². The number of fused-ring (bicyclic) bond motifs is 1. The van der Waals surface area contributed by atoms with Gasteiger partial charge in [0.1, 0.15) is 4.83 Å². The number of nitrogens with zero attached hydrogens (tertiary/aromatic N) is 1. The first-order valence-corrected chi connectivity index (χ1v) is 8.68. The zero-order valence-electron chi connectivity index (χ0n) is 11.7. The van der Waals surface area contributed by atoms with Gasteiger partial charge in [0, 0.05) is 6.54 Å². The van der Waals surface area contributed by atoms with Gasteiger partial charge in [-0.15, -0.1) is 11.3 Å². The van der Waals surface area contributed by atoms with Gasteiger partial charge in [0.25, 0.3) is 5.56 Å². The summed E-state index contributed by atoms with van der Waals surface area (Å²) in [6.45, 7) is 3.05. The van der Waals surface area contributed by atoms with Gasteiger partial charge in [-0.1, -0.05) is 26.2 Å². The van der Waals surface area contributed by atoms with Crippen molar-refractivity contribution >= 4 is 33.8 Å². The second-order valence-corrected chi connectivity index (χ2v) is 7.11. The van der Waals surface area contributed by atoms with E-state index >= 15 is 0 Å². The lowest BCUT2D eigenvalue weighted by molar-refractivity contribution is 0.245. The molecule has 0 saturated heterocycles. The standard InChI is InChI=1S/C15H20N2OS2/c1-2-10-3-5-11(6-4-10)9-17-14(18)12-7-8-20-13(12)16-15(17)19/h7-8,10-11H,2-6,9H2,1H3,(H,16,19). The van der Waals surface area contributed by atoms with Crippen LogP contribution in [0.4, 0.5) is 0 Å². The van der Waals surface area contributed by atoms with Gasteiger partial charge in [0.15, 0.2) is 4.77 Å². The maximum Gasteiger partial charge on any atom is 0.263 e. The number of aromatic amines is 1. The van der Waals surface area contributed by atoms with Gasteiger partial charge >= 0.3 is 0 Å². The molecule has 1 fully saturated rings. The third kappa shape index (κ3) is 2.61. The van der Waals surface area contributed by atoms with Crippen LogP contribution in [-0.4, -0.2) is 9.55 Å². The molecule has 0 bridgehead atoms. The Morgan fingerprint density at radius 1 is 1.35 bits per heavy atom. The lowest BCUT2D eigenvalue weighted by Crippen LogP contribution is -2.27. The van der Waals surface area contributed by atoms with Gasteiger partial charge in [-0.3, -0.25) is 9.36 Å². The van der Waals surface area contributed by atoms with Crippen LogP contribution in [-0.2, 0) is 6.54 Å². The smallest absolute Gasteiger partial charge is 0.263 e. The molecule has 0 aromatic carbocycles. The molecule has 1 N–H and O–H groups in total. The number of thiophene rings is 1. The summed E-state index contributed by atoms with van der Waals surface area (Å²) in [5.41, 5.74) is 0.0719. The van der Waals surface area contributed by atoms with Crippen LogP contribution in [0.15, 0.2) is 16.2 Å². The molecule has 3 rings (SSSR count).